The number of hydrogen-bond acceptors (Lipinski definition) is 5. The molecule has 0 aliphatic carbocycles. The molecule has 0 saturated heterocycles. The van der Waals surface area contributed by atoms with Crippen molar-refractivity contribution < 1.29 is 18.3 Å². The van der Waals surface area contributed by atoms with Crippen LogP contribution in [0.15, 0.2) is 54.1 Å². The lowest BCUT2D eigenvalue weighted by Crippen LogP contribution is -2.45. The molecule has 0 amide bonds. The Hall–Kier alpha value is -3.04. The zero-order valence-electron chi connectivity index (χ0n) is 18.4. The van der Waals surface area contributed by atoms with Crippen molar-refractivity contribution in [1.29, 1.82) is 0 Å². The highest BCUT2D eigenvalue weighted by molar-refractivity contribution is 7.89. The van der Waals surface area contributed by atoms with Gasteiger partial charge in [-0.3, -0.25) is 9.78 Å². The Morgan fingerprint density at radius 1 is 1.25 bits per heavy atom. The van der Waals surface area contributed by atoms with Gasteiger partial charge in [-0.15, -0.1) is 6.58 Å². The van der Waals surface area contributed by atoms with E-state index in [0.29, 0.717) is 6.42 Å². The second-order valence-corrected chi connectivity index (χ2v) is 10.0. The van der Waals surface area contributed by atoms with Crippen molar-refractivity contribution in [1.82, 2.24) is 19.3 Å². The number of aryl methyl sites for hydroxylation is 1. The van der Waals surface area contributed by atoms with Crippen LogP contribution in [0, 0.1) is 12.8 Å². The van der Waals surface area contributed by atoms with E-state index in [0.717, 1.165) is 32.4 Å². The molecular weight excluding hydrogens is 428 g/mol. The number of nitrogens with one attached hydrogen (secondary N) is 1. The zero-order chi connectivity index (χ0) is 23.5. The molecule has 3 rings (SSSR count). The average Bonchev–Trinajstić information content (AvgIpc) is 3.12. The summed E-state index contributed by atoms with van der Waals surface area (Å²) in [6, 6.07) is 7.14. The molecule has 0 aliphatic heterocycles. The van der Waals surface area contributed by atoms with Gasteiger partial charge in [0.1, 0.15) is 17.4 Å². The van der Waals surface area contributed by atoms with Gasteiger partial charge in [0.25, 0.3) is 0 Å². The summed E-state index contributed by atoms with van der Waals surface area (Å²) in [5, 5.41) is 9.67. The van der Waals surface area contributed by atoms with Crippen molar-refractivity contribution in [2.24, 2.45) is 5.92 Å². The maximum atomic E-state index is 13.3. The van der Waals surface area contributed by atoms with Crippen LogP contribution in [0.25, 0.3) is 11.0 Å². The summed E-state index contributed by atoms with van der Waals surface area (Å²) in [7, 11) is -4.03. The fraction of sp³-hybridized carbons (Fsp3) is 0.348. The van der Waals surface area contributed by atoms with Crippen molar-refractivity contribution in [2.75, 3.05) is 6.54 Å². The van der Waals surface area contributed by atoms with E-state index < -0.39 is 22.0 Å². The van der Waals surface area contributed by atoms with Crippen molar-refractivity contribution >= 4 is 27.0 Å². The number of carboxylic acids is 1. The second-order valence-electron chi connectivity index (χ2n) is 8.14. The minimum atomic E-state index is -4.03. The number of pyridine rings is 1. The summed E-state index contributed by atoms with van der Waals surface area (Å²) in [6.07, 6.45) is 3.81. The first kappa shape index (κ1) is 23.6. The first-order chi connectivity index (χ1) is 15.1. The molecule has 0 saturated carbocycles. The van der Waals surface area contributed by atoms with Gasteiger partial charge in [-0.25, -0.2) is 13.4 Å². The molecule has 0 spiro atoms. The van der Waals surface area contributed by atoms with Gasteiger partial charge in [-0.05, 0) is 43.0 Å². The van der Waals surface area contributed by atoms with Crippen LogP contribution in [0.4, 0.5) is 0 Å². The molecule has 0 unspecified atom stereocenters. The highest BCUT2D eigenvalue weighted by Crippen LogP contribution is 2.24. The van der Waals surface area contributed by atoms with E-state index in [4.69, 9.17) is 0 Å². The number of nitrogens with zero attached hydrogens (tertiary/aromatic N) is 3. The van der Waals surface area contributed by atoms with Crippen molar-refractivity contribution in [2.45, 2.75) is 44.6 Å². The second kappa shape index (κ2) is 9.62. The van der Waals surface area contributed by atoms with Gasteiger partial charge in [0, 0.05) is 19.2 Å². The van der Waals surface area contributed by atoms with Gasteiger partial charge in [0.2, 0.25) is 10.0 Å². The van der Waals surface area contributed by atoms with Crippen LogP contribution in [0.2, 0.25) is 0 Å². The summed E-state index contributed by atoms with van der Waals surface area (Å²) in [5.41, 5.74) is 3.35. The zero-order valence-corrected chi connectivity index (χ0v) is 19.3. The minimum absolute atomic E-state index is 0.0156. The van der Waals surface area contributed by atoms with Gasteiger partial charge in [-0.1, -0.05) is 32.1 Å². The lowest BCUT2D eigenvalue weighted by molar-refractivity contribution is -0.141. The number of benzene rings is 1. The van der Waals surface area contributed by atoms with E-state index in [9.17, 15) is 18.3 Å². The predicted octanol–water partition coefficient (Wildman–Crippen LogP) is 3.53. The van der Waals surface area contributed by atoms with E-state index >= 15 is 0 Å². The number of carbonyl (C=O) groups is 1. The van der Waals surface area contributed by atoms with E-state index in [1.165, 1.54) is 18.2 Å². The molecule has 1 atom stereocenters. The van der Waals surface area contributed by atoms with Crippen molar-refractivity contribution in [3.63, 3.8) is 0 Å². The van der Waals surface area contributed by atoms with Crippen molar-refractivity contribution in [3.05, 3.63) is 66.3 Å². The lowest BCUT2D eigenvalue weighted by Gasteiger charge is -2.28. The maximum Gasteiger partial charge on any atom is 0.322 e. The minimum Gasteiger partial charge on any atom is -0.480 e. The van der Waals surface area contributed by atoms with Crippen LogP contribution in [0.1, 0.15) is 37.4 Å². The molecule has 2 N–H and O–H groups in total. The Morgan fingerprint density at radius 2 is 1.94 bits per heavy atom. The quantitative estimate of drug-likeness (QED) is 0.451. The van der Waals surface area contributed by atoms with Gasteiger partial charge < -0.3 is 10.1 Å². The van der Waals surface area contributed by atoms with Gasteiger partial charge in [0.05, 0.1) is 16.1 Å². The molecule has 3 aromatic rings. The third-order valence-corrected chi connectivity index (χ3v) is 7.02. The number of rotatable bonds is 10. The Bertz CT molecular complexity index is 1220. The summed E-state index contributed by atoms with van der Waals surface area (Å²) in [5.74, 6) is -0.358. The van der Waals surface area contributed by atoms with Crippen molar-refractivity contribution in [3.8, 4) is 0 Å². The van der Waals surface area contributed by atoms with E-state index in [2.05, 4.69) is 21.5 Å². The summed E-state index contributed by atoms with van der Waals surface area (Å²) in [4.78, 5) is 24.0. The number of H-pyrrole nitrogens is 1. The molecule has 32 heavy (non-hydrogen) atoms. The number of sulfonamides is 1. The summed E-state index contributed by atoms with van der Waals surface area (Å²) in [6.45, 7) is 9.11. The largest absolute Gasteiger partial charge is 0.480 e. The maximum absolute atomic E-state index is 13.3. The number of hydrogen-bond donors (Lipinski definition) is 2. The number of aromatic amines is 1. The molecule has 2 aromatic heterocycles. The molecule has 170 valence electrons. The molecule has 8 nitrogen and oxygen atoms in total. The van der Waals surface area contributed by atoms with Gasteiger partial charge >= 0.3 is 5.97 Å². The Labute approximate surface area is 188 Å². The molecule has 0 bridgehead atoms. The molecule has 0 aliphatic rings. The Morgan fingerprint density at radius 3 is 2.53 bits per heavy atom. The first-order valence-corrected chi connectivity index (χ1v) is 11.8. The standard InChI is InChI=1S/C23H28N4O4S/c1-5-12-27(21(23(28)29)13-15(2)3)32(30,31)18-8-6-17(7-9-18)14-20-22-19(10-11-24-20)25-16(4)26-22/h5-11,15,21H,1,12-14H2,2-4H3,(H,25,26)(H,28,29)/t21-/m0/s1. The van der Waals surface area contributed by atoms with E-state index in [1.54, 1.807) is 18.3 Å². The number of imidazole rings is 1. The van der Waals surface area contributed by atoms with Crippen LogP contribution in [-0.2, 0) is 21.2 Å². The van der Waals surface area contributed by atoms with E-state index in [1.807, 2.05) is 26.8 Å². The molecule has 0 radical (unpaired) electrons. The SMILES string of the molecule is C=CCN([C@@H](CC(C)C)C(=O)O)S(=O)(=O)c1ccc(Cc2nccc3[nH]c(C)nc23)cc1. The monoisotopic (exact) mass is 456 g/mol. The van der Waals surface area contributed by atoms with Crippen LogP contribution >= 0.6 is 0 Å². The predicted molar refractivity (Wildman–Crippen MR) is 123 cm³/mol. The Balaban J connectivity index is 1.89. The Kier molecular flexibility index (Phi) is 7.10. The highest BCUT2D eigenvalue weighted by Gasteiger charge is 2.35. The van der Waals surface area contributed by atoms with Crippen LogP contribution in [0.5, 0.6) is 0 Å². The summed E-state index contributed by atoms with van der Waals surface area (Å²) >= 11 is 0. The smallest absolute Gasteiger partial charge is 0.322 e. The fourth-order valence-electron chi connectivity index (χ4n) is 3.66. The van der Waals surface area contributed by atoms with Gasteiger partial charge in [-0.2, -0.15) is 4.31 Å². The van der Waals surface area contributed by atoms with Gasteiger partial charge in [0.15, 0.2) is 0 Å². The van der Waals surface area contributed by atoms with Crippen LogP contribution in [0.3, 0.4) is 0 Å². The number of aromatic nitrogens is 3. The lowest BCUT2D eigenvalue weighted by atomic mass is 10.0. The molecule has 2 heterocycles. The topological polar surface area (TPSA) is 116 Å². The number of fused-ring (bicyclic) bond motifs is 1. The highest BCUT2D eigenvalue weighted by atomic mass is 32.2. The third kappa shape index (κ3) is 5.05. The molecule has 1 aromatic carbocycles. The molecule has 9 heteroatoms. The van der Waals surface area contributed by atoms with Crippen LogP contribution in [-0.4, -0.2) is 51.3 Å². The fourth-order valence-corrected chi connectivity index (χ4v) is 5.22. The third-order valence-electron chi connectivity index (χ3n) is 5.13. The average molecular weight is 457 g/mol. The normalized spacial score (nSPS) is 13.0. The van der Waals surface area contributed by atoms with Crippen LogP contribution < -0.4 is 0 Å². The first-order valence-electron chi connectivity index (χ1n) is 10.4. The molecular formula is C23H28N4O4S. The number of aliphatic carboxylic acids is 1. The molecule has 0 fully saturated rings. The number of carboxylic acid groups (broad SMARTS) is 1. The summed E-state index contributed by atoms with van der Waals surface area (Å²) < 4.78 is 27.6. The van der Waals surface area contributed by atoms with E-state index in [-0.39, 0.29) is 23.8 Å².